The lowest BCUT2D eigenvalue weighted by Gasteiger charge is -2.29. The Labute approximate surface area is 108 Å². The molecule has 0 spiro atoms. The zero-order chi connectivity index (χ0) is 13.3. The molecule has 1 unspecified atom stereocenters. The van der Waals surface area contributed by atoms with Crippen molar-refractivity contribution < 1.29 is 9.13 Å². The second-order valence-electron chi connectivity index (χ2n) is 5.65. The average molecular weight is 252 g/mol. The zero-order valence-electron chi connectivity index (χ0n) is 11.2. The molecule has 1 fully saturated rings. The third-order valence-corrected chi connectivity index (χ3v) is 3.91. The summed E-state index contributed by atoms with van der Waals surface area (Å²) in [6.45, 7) is 4.42. The molecule has 2 rings (SSSR count). The van der Waals surface area contributed by atoms with E-state index in [4.69, 9.17) is 10.5 Å². The maximum Gasteiger partial charge on any atom is 0.148 e. The van der Waals surface area contributed by atoms with Gasteiger partial charge in [0.05, 0.1) is 18.5 Å². The maximum atomic E-state index is 13.9. The molecule has 4 heteroatoms. The molecular weight excluding hydrogens is 231 g/mol. The summed E-state index contributed by atoms with van der Waals surface area (Å²) in [5, 5.41) is 3.29. The monoisotopic (exact) mass is 252 g/mol. The van der Waals surface area contributed by atoms with Crippen molar-refractivity contribution in [2.45, 2.75) is 39.2 Å². The van der Waals surface area contributed by atoms with Gasteiger partial charge in [-0.2, -0.15) is 0 Å². The van der Waals surface area contributed by atoms with Crippen LogP contribution in [-0.4, -0.2) is 13.2 Å². The van der Waals surface area contributed by atoms with Gasteiger partial charge in [-0.25, -0.2) is 4.39 Å². The maximum absolute atomic E-state index is 13.9. The highest BCUT2D eigenvalue weighted by molar-refractivity contribution is 5.62. The molecule has 0 radical (unpaired) electrons. The molecule has 0 aromatic heterocycles. The Morgan fingerprint density at radius 2 is 2.17 bits per heavy atom. The Morgan fingerprint density at radius 1 is 1.44 bits per heavy atom. The van der Waals surface area contributed by atoms with Gasteiger partial charge in [-0.1, -0.05) is 20.3 Å². The summed E-state index contributed by atoms with van der Waals surface area (Å²) in [4.78, 5) is 0. The molecule has 3 nitrogen and oxygen atoms in total. The number of methoxy groups -OCH3 is 1. The molecule has 1 saturated carbocycles. The first-order chi connectivity index (χ1) is 8.44. The quantitative estimate of drug-likeness (QED) is 0.810. The third-order valence-electron chi connectivity index (χ3n) is 3.91. The van der Waals surface area contributed by atoms with E-state index >= 15 is 0 Å². The number of nitrogen functional groups attached to an aromatic ring is 1. The third kappa shape index (κ3) is 2.37. The van der Waals surface area contributed by atoms with Crippen molar-refractivity contribution in [2.24, 2.45) is 5.41 Å². The number of ether oxygens (including phenoxy) is 1. The van der Waals surface area contributed by atoms with Crippen LogP contribution in [0.3, 0.4) is 0 Å². The van der Waals surface area contributed by atoms with E-state index in [2.05, 4.69) is 19.2 Å². The standard InChI is InChI=1S/C14H21FN2O/c1-14(2)6-4-5-13(14)17-11-8-12(18-3)10(16)7-9(11)15/h7-8,13,17H,4-6,16H2,1-3H3. The molecule has 100 valence electrons. The van der Waals surface area contributed by atoms with Gasteiger partial charge in [0, 0.05) is 18.2 Å². The van der Waals surface area contributed by atoms with Gasteiger partial charge in [-0.15, -0.1) is 0 Å². The fraction of sp³-hybridized carbons (Fsp3) is 0.571. The number of halogens is 1. The minimum atomic E-state index is -0.323. The first-order valence-electron chi connectivity index (χ1n) is 6.33. The number of anilines is 2. The van der Waals surface area contributed by atoms with E-state index < -0.39 is 0 Å². The highest BCUT2D eigenvalue weighted by atomic mass is 19.1. The predicted octanol–water partition coefficient (Wildman–Crippen LogP) is 3.41. The lowest BCUT2D eigenvalue weighted by molar-refractivity contribution is 0.349. The Hall–Kier alpha value is -1.45. The molecule has 1 aliphatic carbocycles. The first-order valence-corrected chi connectivity index (χ1v) is 6.33. The number of nitrogens with two attached hydrogens (primary N) is 1. The average Bonchev–Trinajstić information content (AvgIpc) is 2.62. The van der Waals surface area contributed by atoms with Gasteiger partial charge >= 0.3 is 0 Å². The number of hydrogen-bond acceptors (Lipinski definition) is 3. The van der Waals surface area contributed by atoms with Crippen molar-refractivity contribution in [1.29, 1.82) is 0 Å². The van der Waals surface area contributed by atoms with Crippen molar-refractivity contribution in [3.05, 3.63) is 17.9 Å². The van der Waals surface area contributed by atoms with Crippen LogP contribution in [0.4, 0.5) is 15.8 Å². The van der Waals surface area contributed by atoms with Gasteiger partial charge in [0.2, 0.25) is 0 Å². The lowest BCUT2D eigenvalue weighted by atomic mass is 9.87. The molecular formula is C14H21FN2O. The van der Waals surface area contributed by atoms with Crippen LogP contribution in [-0.2, 0) is 0 Å². The van der Waals surface area contributed by atoms with Gasteiger partial charge in [0.25, 0.3) is 0 Å². The Morgan fingerprint density at radius 3 is 2.72 bits per heavy atom. The second-order valence-corrected chi connectivity index (χ2v) is 5.65. The predicted molar refractivity (Wildman–Crippen MR) is 72.4 cm³/mol. The summed E-state index contributed by atoms with van der Waals surface area (Å²) in [7, 11) is 1.53. The normalized spacial score (nSPS) is 21.9. The Balaban J connectivity index is 2.24. The van der Waals surface area contributed by atoms with Crippen LogP contribution in [0.25, 0.3) is 0 Å². The molecule has 0 bridgehead atoms. The van der Waals surface area contributed by atoms with Crippen LogP contribution in [0.1, 0.15) is 33.1 Å². The molecule has 0 amide bonds. The molecule has 3 N–H and O–H groups in total. The highest BCUT2D eigenvalue weighted by Gasteiger charge is 2.34. The van der Waals surface area contributed by atoms with Crippen LogP contribution in [0, 0.1) is 11.2 Å². The summed E-state index contributed by atoms with van der Waals surface area (Å²) < 4.78 is 19.0. The Kier molecular flexibility index (Phi) is 3.37. The molecule has 18 heavy (non-hydrogen) atoms. The lowest BCUT2D eigenvalue weighted by Crippen LogP contribution is -2.31. The number of rotatable bonds is 3. The minimum absolute atomic E-state index is 0.195. The van der Waals surface area contributed by atoms with E-state index in [-0.39, 0.29) is 11.2 Å². The van der Waals surface area contributed by atoms with Crippen LogP contribution in [0.15, 0.2) is 12.1 Å². The highest BCUT2D eigenvalue weighted by Crippen LogP contribution is 2.40. The van der Waals surface area contributed by atoms with Crippen LogP contribution >= 0.6 is 0 Å². The van der Waals surface area contributed by atoms with Gasteiger partial charge in [-0.3, -0.25) is 0 Å². The topological polar surface area (TPSA) is 47.3 Å². The number of hydrogen-bond donors (Lipinski definition) is 2. The van der Waals surface area contributed by atoms with Crippen LogP contribution < -0.4 is 15.8 Å². The second kappa shape index (κ2) is 4.67. The van der Waals surface area contributed by atoms with Gasteiger partial charge in [0.15, 0.2) is 0 Å². The molecule has 0 aliphatic heterocycles. The van der Waals surface area contributed by atoms with Crippen LogP contribution in [0.2, 0.25) is 0 Å². The fourth-order valence-corrected chi connectivity index (χ4v) is 2.64. The molecule has 1 atom stereocenters. The van der Waals surface area contributed by atoms with E-state index in [0.717, 1.165) is 6.42 Å². The van der Waals surface area contributed by atoms with Crippen molar-refractivity contribution in [3.8, 4) is 5.75 Å². The van der Waals surface area contributed by atoms with E-state index in [0.29, 0.717) is 23.2 Å². The fourth-order valence-electron chi connectivity index (χ4n) is 2.64. The smallest absolute Gasteiger partial charge is 0.148 e. The molecule has 1 aliphatic rings. The molecule has 0 saturated heterocycles. The van der Waals surface area contributed by atoms with Crippen molar-refractivity contribution in [2.75, 3.05) is 18.2 Å². The Bertz CT molecular complexity index is 446. The van der Waals surface area contributed by atoms with E-state index in [1.165, 1.54) is 26.0 Å². The summed E-state index contributed by atoms with van der Waals surface area (Å²) in [5.41, 5.74) is 6.66. The van der Waals surface area contributed by atoms with Crippen molar-refractivity contribution >= 4 is 11.4 Å². The van der Waals surface area contributed by atoms with E-state index in [9.17, 15) is 4.39 Å². The molecule has 1 aromatic rings. The summed E-state index contributed by atoms with van der Waals surface area (Å²) in [6.07, 6.45) is 3.41. The summed E-state index contributed by atoms with van der Waals surface area (Å²) in [5.74, 6) is 0.186. The summed E-state index contributed by atoms with van der Waals surface area (Å²) >= 11 is 0. The SMILES string of the molecule is COc1cc(NC2CCCC2(C)C)c(F)cc1N. The van der Waals surface area contributed by atoms with Crippen LogP contribution in [0.5, 0.6) is 5.75 Å². The zero-order valence-corrected chi connectivity index (χ0v) is 11.2. The van der Waals surface area contributed by atoms with Crippen molar-refractivity contribution in [3.63, 3.8) is 0 Å². The first kappa shape index (κ1) is 13.0. The van der Waals surface area contributed by atoms with Crippen molar-refractivity contribution in [1.82, 2.24) is 0 Å². The van der Waals surface area contributed by atoms with Gasteiger partial charge in [-0.05, 0) is 18.3 Å². The molecule has 1 aromatic carbocycles. The van der Waals surface area contributed by atoms with E-state index in [1.807, 2.05) is 0 Å². The van der Waals surface area contributed by atoms with Gasteiger partial charge < -0.3 is 15.8 Å². The number of nitrogens with one attached hydrogen (secondary N) is 1. The minimum Gasteiger partial charge on any atom is -0.495 e. The largest absolute Gasteiger partial charge is 0.495 e. The van der Waals surface area contributed by atoms with Gasteiger partial charge in [0.1, 0.15) is 11.6 Å². The summed E-state index contributed by atoms with van der Waals surface area (Å²) in [6, 6.07) is 3.24. The molecule has 0 heterocycles. The number of benzene rings is 1. The van der Waals surface area contributed by atoms with E-state index in [1.54, 1.807) is 6.07 Å².